The lowest BCUT2D eigenvalue weighted by Gasteiger charge is -2.39. The van der Waals surface area contributed by atoms with Gasteiger partial charge in [0.15, 0.2) is 0 Å². The van der Waals surface area contributed by atoms with E-state index in [1.165, 1.54) is 69.9 Å². The first-order chi connectivity index (χ1) is 15.3. The molecule has 0 saturated carbocycles. The molecule has 4 unspecified atom stereocenters. The van der Waals surface area contributed by atoms with Crippen molar-refractivity contribution in [2.75, 3.05) is 13.1 Å². The summed E-state index contributed by atoms with van der Waals surface area (Å²) in [5.41, 5.74) is 12.4. The molecule has 1 heterocycles. The molecule has 1 fully saturated rings. The number of allylic oxidation sites excluding steroid dienone is 6. The van der Waals surface area contributed by atoms with Crippen LogP contribution in [0.5, 0.6) is 0 Å². The number of nitrogens with two attached hydrogens (primary N) is 1. The highest BCUT2D eigenvalue weighted by atomic mass is 15.0. The molecular formula is C28H43N3. The topological polar surface area (TPSA) is 50.1 Å². The summed E-state index contributed by atoms with van der Waals surface area (Å²) in [4.78, 5) is 0. The van der Waals surface area contributed by atoms with E-state index in [0.717, 1.165) is 25.3 Å². The van der Waals surface area contributed by atoms with Crippen molar-refractivity contribution in [2.45, 2.75) is 89.6 Å². The van der Waals surface area contributed by atoms with Crippen LogP contribution in [0, 0.1) is 11.8 Å². The normalized spacial score (nSPS) is 31.0. The molecule has 31 heavy (non-hydrogen) atoms. The molecule has 0 aromatic carbocycles. The van der Waals surface area contributed by atoms with Crippen LogP contribution in [0.1, 0.15) is 77.6 Å². The van der Waals surface area contributed by atoms with Crippen molar-refractivity contribution in [1.82, 2.24) is 10.6 Å². The Morgan fingerprint density at radius 2 is 2.00 bits per heavy atom. The predicted molar refractivity (Wildman–Crippen MR) is 133 cm³/mol. The van der Waals surface area contributed by atoms with E-state index >= 15 is 0 Å². The summed E-state index contributed by atoms with van der Waals surface area (Å²) in [5.74, 6) is 1.45. The molecule has 3 nitrogen and oxygen atoms in total. The molecule has 3 aliphatic carbocycles. The van der Waals surface area contributed by atoms with Gasteiger partial charge < -0.3 is 16.4 Å². The van der Waals surface area contributed by atoms with Gasteiger partial charge >= 0.3 is 0 Å². The van der Waals surface area contributed by atoms with Gasteiger partial charge in [0.1, 0.15) is 0 Å². The van der Waals surface area contributed by atoms with Crippen molar-refractivity contribution in [3.05, 3.63) is 58.9 Å². The zero-order valence-corrected chi connectivity index (χ0v) is 19.5. The molecule has 0 radical (unpaired) electrons. The maximum atomic E-state index is 5.59. The average molecular weight is 422 g/mol. The van der Waals surface area contributed by atoms with Gasteiger partial charge in [-0.25, -0.2) is 0 Å². The second kappa shape index (κ2) is 11.3. The molecule has 4 aliphatic rings. The SMILES string of the molecule is C/C=C\C1=CC(N/C=C\CCCCCN)C(C2=C(C3CC=C(C4CCN4)CC3)CC2)C1. The molecule has 3 heteroatoms. The van der Waals surface area contributed by atoms with E-state index in [1.807, 2.05) is 5.57 Å². The van der Waals surface area contributed by atoms with Crippen LogP contribution < -0.4 is 16.4 Å². The molecular weight excluding hydrogens is 378 g/mol. The van der Waals surface area contributed by atoms with Crippen LogP contribution in [0.4, 0.5) is 0 Å². The van der Waals surface area contributed by atoms with Gasteiger partial charge in [-0.05, 0) is 102 Å². The Bertz CT molecular complexity index is 750. The Hall–Kier alpha value is -1.58. The standard InChI is InChI=1S/C28H43N3/c1-2-8-21-19-26(28(20-21)30-17-7-5-3-4-6-16-29)25-14-13-24(25)22-9-11-23(12-10-22)27-15-18-31-27/h2,7-8,11,17,20,22,26-28,30-31H,3-6,9-10,12-16,18-19,29H2,1H3/b8-2-,17-7-. The monoisotopic (exact) mass is 421 g/mol. The zero-order chi connectivity index (χ0) is 21.5. The van der Waals surface area contributed by atoms with Crippen molar-refractivity contribution in [2.24, 2.45) is 17.6 Å². The molecule has 0 spiro atoms. The third-order valence-electron chi connectivity index (χ3n) is 7.88. The van der Waals surface area contributed by atoms with Gasteiger partial charge in [-0.2, -0.15) is 0 Å². The minimum Gasteiger partial charge on any atom is -0.384 e. The first-order valence-corrected chi connectivity index (χ1v) is 12.9. The van der Waals surface area contributed by atoms with Gasteiger partial charge in [0.05, 0.1) is 6.04 Å². The van der Waals surface area contributed by atoms with Gasteiger partial charge in [-0.3, -0.25) is 0 Å². The minimum atomic E-state index is 0.450. The smallest absolute Gasteiger partial charge is 0.0513 e. The molecule has 0 aromatic rings. The maximum absolute atomic E-state index is 5.59. The van der Waals surface area contributed by atoms with Crippen LogP contribution in [0.15, 0.2) is 58.9 Å². The van der Waals surface area contributed by atoms with Crippen LogP contribution in [0.25, 0.3) is 0 Å². The van der Waals surface area contributed by atoms with Gasteiger partial charge in [0, 0.05) is 12.0 Å². The Labute approximate surface area is 190 Å². The van der Waals surface area contributed by atoms with Gasteiger partial charge in [0.25, 0.3) is 0 Å². The average Bonchev–Trinajstić information content (AvgIpc) is 3.09. The summed E-state index contributed by atoms with van der Waals surface area (Å²) in [6, 6.07) is 1.15. The lowest BCUT2D eigenvalue weighted by Crippen LogP contribution is -2.44. The molecule has 4 atom stereocenters. The highest BCUT2D eigenvalue weighted by molar-refractivity contribution is 5.39. The minimum absolute atomic E-state index is 0.450. The molecule has 4 rings (SSSR count). The van der Waals surface area contributed by atoms with Crippen LogP contribution in [-0.4, -0.2) is 25.2 Å². The number of rotatable bonds is 11. The Balaban J connectivity index is 1.36. The molecule has 170 valence electrons. The van der Waals surface area contributed by atoms with E-state index in [0.29, 0.717) is 18.0 Å². The quantitative estimate of drug-likeness (QED) is 0.297. The first kappa shape index (κ1) is 22.6. The third-order valence-corrected chi connectivity index (χ3v) is 7.88. The van der Waals surface area contributed by atoms with E-state index in [4.69, 9.17) is 5.73 Å². The molecule has 4 N–H and O–H groups in total. The second-order valence-corrected chi connectivity index (χ2v) is 9.88. The Morgan fingerprint density at radius 3 is 2.65 bits per heavy atom. The van der Waals surface area contributed by atoms with Gasteiger partial charge in [-0.1, -0.05) is 53.5 Å². The zero-order valence-electron chi connectivity index (χ0n) is 19.5. The molecule has 1 aliphatic heterocycles. The summed E-state index contributed by atoms with van der Waals surface area (Å²) in [7, 11) is 0. The van der Waals surface area contributed by atoms with E-state index in [1.54, 1.807) is 11.1 Å². The molecule has 1 saturated heterocycles. The first-order valence-electron chi connectivity index (χ1n) is 12.9. The van der Waals surface area contributed by atoms with Crippen LogP contribution in [0.3, 0.4) is 0 Å². The fourth-order valence-electron chi connectivity index (χ4n) is 5.88. The van der Waals surface area contributed by atoms with Crippen molar-refractivity contribution in [1.29, 1.82) is 0 Å². The van der Waals surface area contributed by atoms with Crippen LogP contribution in [0.2, 0.25) is 0 Å². The van der Waals surface area contributed by atoms with E-state index in [2.05, 4.69) is 54.1 Å². The van der Waals surface area contributed by atoms with E-state index in [9.17, 15) is 0 Å². The maximum Gasteiger partial charge on any atom is 0.0513 e. The summed E-state index contributed by atoms with van der Waals surface area (Å²) in [6.45, 7) is 4.16. The number of unbranched alkanes of at least 4 members (excludes halogenated alkanes) is 3. The number of nitrogens with one attached hydrogen (secondary N) is 2. The Kier molecular flexibility index (Phi) is 8.27. The molecule has 0 aromatic heterocycles. The van der Waals surface area contributed by atoms with E-state index in [-0.39, 0.29) is 0 Å². The van der Waals surface area contributed by atoms with Crippen LogP contribution >= 0.6 is 0 Å². The van der Waals surface area contributed by atoms with E-state index < -0.39 is 0 Å². The second-order valence-electron chi connectivity index (χ2n) is 9.88. The fourth-order valence-corrected chi connectivity index (χ4v) is 5.88. The summed E-state index contributed by atoms with van der Waals surface area (Å²) in [6.07, 6.45) is 28.0. The van der Waals surface area contributed by atoms with Gasteiger partial charge in [-0.15, -0.1) is 0 Å². The summed E-state index contributed by atoms with van der Waals surface area (Å²) < 4.78 is 0. The fraction of sp³-hybridized carbons (Fsp3) is 0.643. The predicted octanol–water partition coefficient (Wildman–Crippen LogP) is 5.68. The lowest BCUT2D eigenvalue weighted by atomic mass is 9.69. The number of hydrogen-bond donors (Lipinski definition) is 3. The van der Waals surface area contributed by atoms with Crippen LogP contribution in [-0.2, 0) is 0 Å². The summed E-state index contributed by atoms with van der Waals surface area (Å²) in [5, 5.41) is 7.34. The van der Waals surface area contributed by atoms with Crippen molar-refractivity contribution in [3.8, 4) is 0 Å². The highest BCUT2D eigenvalue weighted by Crippen LogP contribution is 2.47. The molecule has 0 amide bonds. The van der Waals surface area contributed by atoms with Crippen molar-refractivity contribution < 1.29 is 0 Å². The largest absolute Gasteiger partial charge is 0.384 e. The van der Waals surface area contributed by atoms with Crippen molar-refractivity contribution >= 4 is 0 Å². The number of hydrogen-bond acceptors (Lipinski definition) is 3. The van der Waals surface area contributed by atoms with Crippen molar-refractivity contribution in [3.63, 3.8) is 0 Å². The summed E-state index contributed by atoms with van der Waals surface area (Å²) >= 11 is 0. The molecule has 0 bridgehead atoms. The highest BCUT2D eigenvalue weighted by Gasteiger charge is 2.36. The lowest BCUT2D eigenvalue weighted by molar-refractivity contribution is 0.379. The van der Waals surface area contributed by atoms with Gasteiger partial charge in [0.2, 0.25) is 0 Å². The third kappa shape index (κ3) is 5.62. The Morgan fingerprint density at radius 1 is 1.13 bits per heavy atom.